The third-order valence-corrected chi connectivity index (χ3v) is 7.86. The lowest BCUT2D eigenvalue weighted by molar-refractivity contribution is -0.112. The van der Waals surface area contributed by atoms with Crippen LogP contribution < -0.4 is 0 Å². The average molecular weight is 425 g/mol. The predicted molar refractivity (Wildman–Crippen MR) is 109 cm³/mol. The van der Waals surface area contributed by atoms with E-state index >= 15 is 0 Å². The van der Waals surface area contributed by atoms with Gasteiger partial charge >= 0.3 is 0 Å². The van der Waals surface area contributed by atoms with Crippen LogP contribution in [0.5, 0.6) is 0 Å². The van der Waals surface area contributed by atoms with Crippen LogP contribution in [0.1, 0.15) is 40.8 Å². The maximum absolute atomic E-state index is 11.3. The van der Waals surface area contributed by atoms with Gasteiger partial charge in [0, 0.05) is 47.8 Å². The highest BCUT2D eigenvalue weighted by molar-refractivity contribution is 7.90. The topological polar surface area (TPSA) is 77.3 Å². The number of nitrogens with zero attached hydrogens (tertiary/aromatic N) is 4. The highest BCUT2D eigenvalue weighted by Gasteiger charge is 2.44. The zero-order chi connectivity index (χ0) is 19.9. The quantitative estimate of drug-likeness (QED) is 0.732. The number of likely N-dealkylation sites (tertiary alicyclic amines) is 1. The van der Waals surface area contributed by atoms with Crippen molar-refractivity contribution in [3.8, 4) is 0 Å². The molecule has 2 aliphatic heterocycles. The van der Waals surface area contributed by atoms with Crippen LogP contribution in [0.4, 0.5) is 0 Å². The zero-order valence-corrected chi connectivity index (χ0v) is 18.4. The lowest BCUT2D eigenvalue weighted by atomic mass is 9.79. The van der Waals surface area contributed by atoms with Crippen LogP contribution >= 0.6 is 11.3 Å². The molecular formula is C19H28N4O3S2. The molecule has 1 saturated heterocycles. The minimum absolute atomic E-state index is 0.0815. The molecule has 28 heavy (non-hydrogen) atoms. The standard InChI is InChI=1S/C19H28N4O3S2/c1-14-11-19(17-10-15(2)27-18(17)4-8-26-19)5-6-22(14)12-16-13-23(21-20-16)7-9-28(3,24)25/h10,13-14H,4-9,11-12H2,1-3H3/t14-,19+/m0/s1. The molecule has 0 radical (unpaired) electrons. The number of fused-ring (bicyclic) bond motifs is 2. The Morgan fingerprint density at radius 2 is 2.25 bits per heavy atom. The lowest BCUT2D eigenvalue weighted by Crippen LogP contribution is -2.50. The zero-order valence-electron chi connectivity index (χ0n) is 16.7. The number of rotatable bonds is 5. The Kier molecular flexibility index (Phi) is 5.37. The van der Waals surface area contributed by atoms with Gasteiger partial charge in [-0.1, -0.05) is 5.21 Å². The Morgan fingerprint density at radius 3 is 3.00 bits per heavy atom. The molecule has 154 valence electrons. The summed E-state index contributed by atoms with van der Waals surface area (Å²) in [5, 5.41) is 8.31. The van der Waals surface area contributed by atoms with Gasteiger partial charge in [0.25, 0.3) is 0 Å². The summed E-state index contributed by atoms with van der Waals surface area (Å²) in [6, 6.07) is 2.70. The highest BCUT2D eigenvalue weighted by Crippen LogP contribution is 2.46. The third-order valence-electron chi connectivity index (χ3n) is 5.82. The molecule has 2 aliphatic rings. The molecule has 0 bridgehead atoms. The molecule has 0 aromatic carbocycles. The third kappa shape index (κ3) is 4.17. The van der Waals surface area contributed by atoms with Crippen LogP contribution in [0.25, 0.3) is 0 Å². The summed E-state index contributed by atoms with van der Waals surface area (Å²) in [5.74, 6) is 0.0815. The van der Waals surface area contributed by atoms with Gasteiger partial charge in [-0.15, -0.1) is 16.4 Å². The smallest absolute Gasteiger partial charge is 0.149 e. The van der Waals surface area contributed by atoms with Crippen molar-refractivity contribution in [2.75, 3.05) is 25.2 Å². The minimum atomic E-state index is -3.00. The normalized spacial score (nSPS) is 25.9. The second-order valence-corrected chi connectivity index (χ2v) is 11.8. The van der Waals surface area contributed by atoms with Gasteiger partial charge in [-0.2, -0.15) is 0 Å². The molecule has 2 atom stereocenters. The van der Waals surface area contributed by atoms with Crippen LogP contribution in [0.15, 0.2) is 12.3 Å². The van der Waals surface area contributed by atoms with Gasteiger partial charge in [-0.25, -0.2) is 8.42 Å². The van der Waals surface area contributed by atoms with Crippen molar-refractivity contribution in [3.63, 3.8) is 0 Å². The van der Waals surface area contributed by atoms with Gasteiger partial charge < -0.3 is 4.74 Å². The van der Waals surface area contributed by atoms with Gasteiger partial charge in [-0.05, 0) is 38.3 Å². The molecule has 0 unspecified atom stereocenters. The first-order valence-corrected chi connectivity index (χ1v) is 12.7. The summed E-state index contributed by atoms with van der Waals surface area (Å²) in [4.78, 5) is 5.29. The Bertz CT molecular complexity index is 952. The molecule has 0 saturated carbocycles. The van der Waals surface area contributed by atoms with Gasteiger partial charge in [-0.3, -0.25) is 9.58 Å². The van der Waals surface area contributed by atoms with Gasteiger partial charge in [0.05, 0.1) is 30.2 Å². The minimum Gasteiger partial charge on any atom is -0.370 e. The van der Waals surface area contributed by atoms with Crippen molar-refractivity contribution >= 4 is 21.2 Å². The number of piperidine rings is 1. The number of thiophene rings is 1. The summed E-state index contributed by atoms with van der Waals surface area (Å²) in [7, 11) is -3.00. The second-order valence-electron chi connectivity index (χ2n) is 8.16. The first-order valence-electron chi connectivity index (χ1n) is 9.79. The van der Waals surface area contributed by atoms with E-state index in [1.165, 1.54) is 21.6 Å². The summed E-state index contributed by atoms with van der Waals surface area (Å²) < 4.78 is 30.7. The monoisotopic (exact) mass is 424 g/mol. The molecule has 2 aromatic rings. The Morgan fingerprint density at radius 1 is 1.43 bits per heavy atom. The van der Waals surface area contributed by atoms with Crippen molar-refractivity contribution in [3.05, 3.63) is 33.3 Å². The number of hydrogen-bond acceptors (Lipinski definition) is 7. The Hall–Kier alpha value is -1.29. The van der Waals surface area contributed by atoms with Crippen LogP contribution in [0, 0.1) is 6.92 Å². The fourth-order valence-electron chi connectivity index (χ4n) is 4.40. The summed E-state index contributed by atoms with van der Waals surface area (Å²) in [6.45, 7) is 7.28. The van der Waals surface area contributed by atoms with Crippen molar-refractivity contribution in [1.82, 2.24) is 19.9 Å². The number of ether oxygens (including phenoxy) is 1. The Balaban J connectivity index is 1.41. The van der Waals surface area contributed by atoms with E-state index in [9.17, 15) is 8.42 Å². The molecule has 1 fully saturated rings. The van der Waals surface area contributed by atoms with E-state index < -0.39 is 9.84 Å². The highest BCUT2D eigenvalue weighted by atomic mass is 32.2. The number of sulfone groups is 1. The molecule has 0 aliphatic carbocycles. The maximum Gasteiger partial charge on any atom is 0.149 e. The number of aromatic nitrogens is 3. The van der Waals surface area contributed by atoms with Crippen LogP contribution in [-0.4, -0.2) is 59.5 Å². The molecule has 1 spiro atoms. The van der Waals surface area contributed by atoms with Crippen molar-refractivity contribution in [2.24, 2.45) is 0 Å². The fourth-order valence-corrected chi connectivity index (χ4v) is 6.03. The largest absolute Gasteiger partial charge is 0.370 e. The van der Waals surface area contributed by atoms with Crippen LogP contribution in [0.2, 0.25) is 0 Å². The summed E-state index contributed by atoms with van der Waals surface area (Å²) >= 11 is 1.91. The lowest BCUT2D eigenvalue weighted by Gasteiger charge is -2.47. The summed E-state index contributed by atoms with van der Waals surface area (Å²) in [5.41, 5.74) is 2.16. The summed E-state index contributed by atoms with van der Waals surface area (Å²) in [6.07, 6.45) is 6.11. The molecular weight excluding hydrogens is 396 g/mol. The average Bonchev–Trinajstić information content (AvgIpc) is 3.22. The predicted octanol–water partition coefficient (Wildman–Crippen LogP) is 2.15. The van der Waals surface area contributed by atoms with Gasteiger partial charge in [0.15, 0.2) is 0 Å². The first kappa shape index (κ1) is 20.0. The van der Waals surface area contributed by atoms with Crippen LogP contribution in [0.3, 0.4) is 0 Å². The molecule has 9 heteroatoms. The van der Waals surface area contributed by atoms with E-state index in [0.29, 0.717) is 12.6 Å². The maximum atomic E-state index is 11.3. The second kappa shape index (κ2) is 7.51. The van der Waals surface area contributed by atoms with E-state index in [1.807, 2.05) is 17.5 Å². The van der Waals surface area contributed by atoms with Crippen LogP contribution in [-0.2, 0) is 39.7 Å². The van der Waals surface area contributed by atoms with Crippen molar-refractivity contribution < 1.29 is 13.2 Å². The van der Waals surface area contributed by atoms with E-state index in [4.69, 9.17) is 4.74 Å². The van der Waals surface area contributed by atoms with Crippen molar-refractivity contribution in [2.45, 2.75) is 57.8 Å². The fraction of sp³-hybridized carbons (Fsp3) is 0.684. The number of aryl methyl sites for hydroxylation is 2. The molecule has 7 nitrogen and oxygen atoms in total. The SMILES string of the molecule is Cc1cc2c(s1)CCO[C@@]21CCN(Cc2cn(CCS(C)(=O)=O)nn2)[C@@H](C)C1. The molecule has 4 heterocycles. The molecule has 4 rings (SSSR count). The van der Waals surface area contributed by atoms with E-state index in [2.05, 4.69) is 35.1 Å². The van der Waals surface area contributed by atoms with Gasteiger partial charge in [0.2, 0.25) is 0 Å². The van der Waals surface area contributed by atoms with E-state index in [-0.39, 0.29) is 11.4 Å². The molecule has 0 N–H and O–H groups in total. The van der Waals surface area contributed by atoms with E-state index in [0.717, 1.165) is 44.7 Å². The Labute approximate surface area is 170 Å². The van der Waals surface area contributed by atoms with Crippen molar-refractivity contribution in [1.29, 1.82) is 0 Å². The van der Waals surface area contributed by atoms with Gasteiger partial charge in [0.1, 0.15) is 9.84 Å². The van der Waals surface area contributed by atoms with E-state index in [1.54, 1.807) is 4.68 Å². The number of hydrogen-bond donors (Lipinski definition) is 0. The molecule has 2 aromatic heterocycles. The first-order chi connectivity index (χ1) is 13.2. The molecule has 0 amide bonds.